The van der Waals surface area contributed by atoms with Crippen LogP contribution in [0.25, 0.3) is 11.2 Å². The first-order valence-corrected chi connectivity index (χ1v) is 10.2. The summed E-state index contributed by atoms with van der Waals surface area (Å²) in [5, 5.41) is 6.35. The molecule has 0 N–H and O–H groups in total. The molecule has 32 heavy (non-hydrogen) atoms. The van der Waals surface area contributed by atoms with Gasteiger partial charge in [-0.15, -0.1) is 0 Å². The quantitative estimate of drug-likeness (QED) is 0.497. The van der Waals surface area contributed by atoms with Crippen LogP contribution in [0.5, 0.6) is 0 Å². The largest absolute Gasteiger partial charge is 0.332 e. The van der Waals surface area contributed by atoms with E-state index in [4.69, 9.17) is 0 Å². The van der Waals surface area contributed by atoms with Crippen LogP contribution in [0.15, 0.2) is 69.3 Å². The number of benzene rings is 2. The third-order valence-electron chi connectivity index (χ3n) is 5.58. The number of imidazole rings is 1. The van der Waals surface area contributed by atoms with E-state index in [2.05, 4.69) is 10.1 Å². The number of aryl methyl sites for hydroxylation is 1. The van der Waals surface area contributed by atoms with Gasteiger partial charge in [0.25, 0.3) is 5.56 Å². The van der Waals surface area contributed by atoms with Gasteiger partial charge in [0.2, 0.25) is 5.95 Å². The van der Waals surface area contributed by atoms with Crippen molar-refractivity contribution >= 4 is 22.8 Å². The van der Waals surface area contributed by atoms with Gasteiger partial charge < -0.3 is 0 Å². The lowest BCUT2D eigenvalue weighted by Gasteiger charge is -2.24. The molecule has 0 spiro atoms. The Labute approximate surface area is 182 Å². The van der Waals surface area contributed by atoms with Gasteiger partial charge in [-0.2, -0.15) is 10.1 Å². The average Bonchev–Trinajstić information content (AvgIpc) is 3.17. The SMILES string of the molecule is CC1=NN(Cc2ccccc2)c2nc3c(c(=O)n(Cc4ccccc4F)c(=O)n3C)n2C1. The van der Waals surface area contributed by atoms with Crippen LogP contribution in [-0.2, 0) is 26.7 Å². The van der Waals surface area contributed by atoms with Crippen molar-refractivity contribution in [2.75, 3.05) is 5.01 Å². The third kappa shape index (κ3) is 3.22. The van der Waals surface area contributed by atoms with E-state index < -0.39 is 17.1 Å². The number of aromatic nitrogens is 4. The summed E-state index contributed by atoms with van der Waals surface area (Å²) < 4.78 is 18.4. The number of hydrogen-bond acceptors (Lipinski definition) is 5. The molecule has 162 valence electrons. The van der Waals surface area contributed by atoms with Crippen molar-refractivity contribution in [2.45, 2.75) is 26.6 Å². The van der Waals surface area contributed by atoms with Crippen molar-refractivity contribution in [3.63, 3.8) is 0 Å². The van der Waals surface area contributed by atoms with E-state index in [9.17, 15) is 14.0 Å². The first-order valence-electron chi connectivity index (χ1n) is 10.2. The minimum Gasteiger partial charge on any atom is -0.297 e. The summed E-state index contributed by atoms with van der Waals surface area (Å²) in [6, 6.07) is 15.9. The smallest absolute Gasteiger partial charge is 0.297 e. The number of nitrogens with zero attached hydrogens (tertiary/aromatic N) is 6. The van der Waals surface area contributed by atoms with E-state index in [-0.39, 0.29) is 17.8 Å². The maximum atomic E-state index is 14.2. The molecule has 0 amide bonds. The van der Waals surface area contributed by atoms with Crippen LogP contribution in [0.3, 0.4) is 0 Å². The molecule has 1 aliphatic heterocycles. The molecule has 1 aliphatic rings. The summed E-state index contributed by atoms with van der Waals surface area (Å²) in [6.07, 6.45) is 0. The average molecular weight is 432 g/mol. The van der Waals surface area contributed by atoms with Gasteiger partial charge in [0.1, 0.15) is 5.82 Å². The van der Waals surface area contributed by atoms with E-state index >= 15 is 0 Å². The van der Waals surface area contributed by atoms with Crippen LogP contribution in [0.2, 0.25) is 0 Å². The molecule has 0 atom stereocenters. The van der Waals surface area contributed by atoms with Crippen molar-refractivity contribution in [1.82, 2.24) is 18.7 Å². The molecule has 0 aliphatic carbocycles. The van der Waals surface area contributed by atoms with Gasteiger partial charge in [0.05, 0.1) is 25.3 Å². The topological polar surface area (TPSA) is 77.4 Å². The van der Waals surface area contributed by atoms with Gasteiger partial charge in [-0.05, 0) is 18.6 Å². The number of halogens is 1. The third-order valence-corrected chi connectivity index (χ3v) is 5.58. The van der Waals surface area contributed by atoms with Crippen LogP contribution in [0, 0.1) is 5.82 Å². The Hall–Kier alpha value is -4.01. The molecule has 2 aromatic carbocycles. The molecule has 3 heterocycles. The van der Waals surface area contributed by atoms with Crippen molar-refractivity contribution < 1.29 is 4.39 Å². The Bertz CT molecular complexity index is 1480. The molecule has 4 aromatic rings. The summed E-state index contributed by atoms with van der Waals surface area (Å²) >= 11 is 0. The summed E-state index contributed by atoms with van der Waals surface area (Å²) in [5.74, 6) is 0.0269. The highest BCUT2D eigenvalue weighted by Gasteiger charge is 2.27. The van der Waals surface area contributed by atoms with E-state index in [0.717, 1.165) is 15.8 Å². The van der Waals surface area contributed by atoms with Crippen LogP contribution < -0.4 is 16.3 Å². The van der Waals surface area contributed by atoms with Crippen LogP contribution in [-0.4, -0.2) is 24.4 Å². The van der Waals surface area contributed by atoms with Gasteiger partial charge in [0.15, 0.2) is 11.2 Å². The second-order valence-corrected chi connectivity index (χ2v) is 7.87. The Morgan fingerprint density at radius 1 is 1.00 bits per heavy atom. The number of anilines is 1. The lowest BCUT2D eigenvalue weighted by molar-refractivity contribution is 0.582. The molecule has 2 aromatic heterocycles. The predicted octanol–water partition coefficient (Wildman–Crippen LogP) is 2.48. The van der Waals surface area contributed by atoms with Gasteiger partial charge in [-0.1, -0.05) is 48.5 Å². The highest BCUT2D eigenvalue weighted by molar-refractivity contribution is 5.87. The minimum absolute atomic E-state index is 0.157. The van der Waals surface area contributed by atoms with Crippen LogP contribution in [0.4, 0.5) is 10.3 Å². The molecular weight excluding hydrogens is 411 g/mol. The van der Waals surface area contributed by atoms with Crippen LogP contribution >= 0.6 is 0 Å². The zero-order valence-corrected chi connectivity index (χ0v) is 17.7. The molecule has 0 radical (unpaired) electrons. The Morgan fingerprint density at radius 3 is 2.47 bits per heavy atom. The van der Waals surface area contributed by atoms with Crippen molar-refractivity contribution in [3.8, 4) is 0 Å². The first kappa shape index (κ1) is 19.9. The second kappa shape index (κ2) is 7.60. The minimum atomic E-state index is -0.548. The fraction of sp³-hybridized carbons (Fsp3) is 0.217. The molecular formula is C23H21FN6O2. The summed E-state index contributed by atoms with van der Waals surface area (Å²) in [5.41, 5.74) is 1.64. The van der Waals surface area contributed by atoms with E-state index in [1.54, 1.807) is 34.8 Å². The maximum absolute atomic E-state index is 14.2. The summed E-state index contributed by atoms with van der Waals surface area (Å²) in [4.78, 5) is 31.0. The molecule has 0 bridgehead atoms. The Kier molecular flexibility index (Phi) is 4.73. The molecule has 0 saturated heterocycles. The normalized spacial score (nSPS) is 13.3. The fourth-order valence-electron chi connectivity index (χ4n) is 4.02. The molecule has 5 rings (SSSR count). The Morgan fingerprint density at radius 2 is 1.72 bits per heavy atom. The van der Waals surface area contributed by atoms with E-state index in [1.165, 1.54) is 10.6 Å². The molecule has 8 nitrogen and oxygen atoms in total. The number of hydrazone groups is 1. The van der Waals surface area contributed by atoms with Crippen LogP contribution in [0.1, 0.15) is 18.1 Å². The lowest BCUT2D eigenvalue weighted by Crippen LogP contribution is -2.40. The Balaban J connectivity index is 1.68. The number of rotatable bonds is 4. The second-order valence-electron chi connectivity index (χ2n) is 7.87. The first-order chi connectivity index (χ1) is 15.4. The maximum Gasteiger partial charge on any atom is 0.332 e. The molecule has 9 heteroatoms. The van der Waals surface area contributed by atoms with E-state index in [1.807, 2.05) is 37.3 Å². The highest BCUT2D eigenvalue weighted by Crippen LogP contribution is 2.25. The molecule has 0 saturated carbocycles. The zero-order valence-electron chi connectivity index (χ0n) is 17.7. The van der Waals surface area contributed by atoms with Gasteiger partial charge in [-0.3, -0.25) is 18.5 Å². The van der Waals surface area contributed by atoms with Gasteiger partial charge >= 0.3 is 5.69 Å². The highest BCUT2D eigenvalue weighted by atomic mass is 19.1. The lowest BCUT2D eigenvalue weighted by atomic mass is 10.2. The molecule has 0 fully saturated rings. The number of fused-ring (bicyclic) bond motifs is 3. The van der Waals surface area contributed by atoms with Crippen molar-refractivity contribution in [1.29, 1.82) is 0 Å². The van der Waals surface area contributed by atoms with Crippen molar-refractivity contribution in [3.05, 3.63) is 92.4 Å². The predicted molar refractivity (Wildman–Crippen MR) is 120 cm³/mol. The summed E-state index contributed by atoms with van der Waals surface area (Å²) in [7, 11) is 1.57. The summed E-state index contributed by atoms with van der Waals surface area (Å²) in [6.45, 7) is 2.57. The van der Waals surface area contributed by atoms with Gasteiger partial charge in [-0.25, -0.2) is 14.2 Å². The van der Waals surface area contributed by atoms with Gasteiger partial charge in [0, 0.05) is 12.6 Å². The van der Waals surface area contributed by atoms with Crippen molar-refractivity contribution in [2.24, 2.45) is 12.1 Å². The number of hydrogen-bond donors (Lipinski definition) is 0. The zero-order chi connectivity index (χ0) is 22.4. The molecule has 0 unspecified atom stereocenters. The van der Waals surface area contributed by atoms with E-state index in [0.29, 0.717) is 24.6 Å². The standard InChI is InChI=1S/C23H21FN6O2/c1-15-12-28-19-20(25-22(28)30(26-15)13-16-8-4-3-5-9-16)27(2)23(32)29(21(19)31)14-17-10-6-7-11-18(17)24/h3-11H,12-14H2,1-2H3. The fourth-order valence-corrected chi connectivity index (χ4v) is 4.02. The monoisotopic (exact) mass is 432 g/mol.